The second kappa shape index (κ2) is 4.80. The van der Waals surface area contributed by atoms with Crippen LogP contribution in [0, 0.1) is 6.92 Å². The Bertz CT molecular complexity index is 329. The van der Waals surface area contributed by atoms with E-state index in [9.17, 15) is 4.79 Å². The zero-order valence-electron chi connectivity index (χ0n) is 8.96. The van der Waals surface area contributed by atoms with Gasteiger partial charge in [0.05, 0.1) is 6.61 Å². The van der Waals surface area contributed by atoms with Gasteiger partial charge in [0.15, 0.2) is 5.78 Å². The molecule has 0 saturated heterocycles. The van der Waals surface area contributed by atoms with Gasteiger partial charge in [-0.05, 0) is 37.6 Å². The van der Waals surface area contributed by atoms with Crippen molar-refractivity contribution in [2.45, 2.75) is 27.2 Å². The van der Waals surface area contributed by atoms with Crippen LogP contribution in [0.1, 0.15) is 36.2 Å². The average Bonchev–Trinajstić information content (AvgIpc) is 2.20. The lowest BCUT2D eigenvalue weighted by atomic mass is 10.1. The van der Waals surface area contributed by atoms with Gasteiger partial charge >= 0.3 is 0 Å². The lowest BCUT2D eigenvalue weighted by molar-refractivity contribution is 0.0988. The van der Waals surface area contributed by atoms with Crippen molar-refractivity contribution in [1.29, 1.82) is 0 Å². The number of carbonyl (C=O) groups is 1. The van der Waals surface area contributed by atoms with Gasteiger partial charge in [0.2, 0.25) is 0 Å². The first kappa shape index (κ1) is 10.8. The topological polar surface area (TPSA) is 26.3 Å². The van der Waals surface area contributed by atoms with Crippen molar-refractivity contribution in [1.82, 2.24) is 0 Å². The number of benzene rings is 1. The van der Waals surface area contributed by atoms with Crippen molar-refractivity contribution in [3.63, 3.8) is 0 Å². The molecule has 0 bridgehead atoms. The molecule has 0 atom stereocenters. The number of Topliss-reactive ketones (excluding diaryl/α,β-unsaturated/α-hetero) is 1. The van der Waals surface area contributed by atoms with Gasteiger partial charge in [0.25, 0.3) is 0 Å². The molecule has 0 radical (unpaired) electrons. The fourth-order valence-electron chi connectivity index (χ4n) is 1.34. The van der Waals surface area contributed by atoms with Gasteiger partial charge in [-0.25, -0.2) is 0 Å². The fourth-order valence-corrected chi connectivity index (χ4v) is 1.34. The van der Waals surface area contributed by atoms with E-state index in [2.05, 4.69) is 0 Å². The minimum Gasteiger partial charge on any atom is -0.494 e. The number of carbonyl (C=O) groups excluding carboxylic acids is 1. The van der Waals surface area contributed by atoms with Crippen molar-refractivity contribution in [2.24, 2.45) is 0 Å². The highest BCUT2D eigenvalue weighted by Crippen LogP contribution is 2.19. The highest BCUT2D eigenvalue weighted by atomic mass is 16.5. The third-order valence-corrected chi connectivity index (χ3v) is 2.12. The minimum atomic E-state index is 0.177. The van der Waals surface area contributed by atoms with Gasteiger partial charge in [-0.15, -0.1) is 0 Å². The minimum absolute atomic E-state index is 0.177. The highest BCUT2D eigenvalue weighted by molar-refractivity contribution is 5.96. The Hall–Kier alpha value is -1.31. The molecule has 0 N–H and O–H groups in total. The van der Waals surface area contributed by atoms with Gasteiger partial charge in [-0.3, -0.25) is 4.79 Å². The van der Waals surface area contributed by atoms with Crippen LogP contribution in [0.15, 0.2) is 18.2 Å². The van der Waals surface area contributed by atoms with E-state index in [1.165, 1.54) is 0 Å². The largest absolute Gasteiger partial charge is 0.494 e. The summed E-state index contributed by atoms with van der Waals surface area (Å²) < 4.78 is 5.39. The number of rotatable bonds is 4. The lowest BCUT2D eigenvalue weighted by Gasteiger charge is -2.07. The number of hydrogen-bond acceptors (Lipinski definition) is 2. The maximum absolute atomic E-state index is 11.4. The molecule has 1 rings (SSSR count). The molecule has 1 aromatic rings. The summed E-state index contributed by atoms with van der Waals surface area (Å²) in [5.41, 5.74) is 1.79. The zero-order valence-corrected chi connectivity index (χ0v) is 8.96. The Morgan fingerprint density at radius 1 is 1.36 bits per heavy atom. The number of ether oxygens (including phenoxy) is 1. The van der Waals surface area contributed by atoms with Gasteiger partial charge in [-0.1, -0.05) is 6.92 Å². The van der Waals surface area contributed by atoms with Crippen LogP contribution in [0.5, 0.6) is 5.75 Å². The lowest BCUT2D eigenvalue weighted by Crippen LogP contribution is -1.99. The summed E-state index contributed by atoms with van der Waals surface area (Å²) in [5.74, 6) is 1.04. The monoisotopic (exact) mass is 192 g/mol. The molecule has 0 heterocycles. The molecule has 0 aliphatic rings. The van der Waals surface area contributed by atoms with Crippen LogP contribution in [0.4, 0.5) is 0 Å². The fraction of sp³-hybridized carbons (Fsp3) is 0.417. The summed E-state index contributed by atoms with van der Waals surface area (Å²) in [6, 6.07) is 5.57. The van der Waals surface area contributed by atoms with Crippen molar-refractivity contribution in [3.05, 3.63) is 29.3 Å². The van der Waals surface area contributed by atoms with Crippen molar-refractivity contribution >= 4 is 5.78 Å². The van der Waals surface area contributed by atoms with E-state index in [0.717, 1.165) is 16.9 Å². The molecular formula is C12H16O2. The number of ketones is 1. The van der Waals surface area contributed by atoms with E-state index in [-0.39, 0.29) is 5.78 Å². The molecule has 0 amide bonds. The predicted octanol–water partition coefficient (Wildman–Crippen LogP) is 2.99. The Morgan fingerprint density at radius 3 is 2.57 bits per heavy atom. The smallest absolute Gasteiger partial charge is 0.162 e. The summed E-state index contributed by atoms with van der Waals surface area (Å²) in [6.45, 7) is 6.43. The van der Waals surface area contributed by atoms with Crippen molar-refractivity contribution < 1.29 is 9.53 Å². The van der Waals surface area contributed by atoms with Crippen LogP contribution in [-0.2, 0) is 0 Å². The number of aryl methyl sites for hydroxylation is 1. The van der Waals surface area contributed by atoms with Crippen LogP contribution in [0.2, 0.25) is 0 Å². The molecular weight excluding hydrogens is 176 g/mol. The predicted molar refractivity (Wildman–Crippen MR) is 57.0 cm³/mol. The van der Waals surface area contributed by atoms with Crippen molar-refractivity contribution in [3.8, 4) is 5.75 Å². The standard InChI is InChI=1S/C12H16O2/c1-4-11(13)10-6-7-12(14-5-2)9(3)8-10/h6-8H,4-5H2,1-3H3. The van der Waals surface area contributed by atoms with Gasteiger partial charge in [-0.2, -0.15) is 0 Å². The first-order valence-corrected chi connectivity index (χ1v) is 4.95. The Labute approximate surface area is 84.9 Å². The molecule has 0 aromatic heterocycles. The van der Waals surface area contributed by atoms with E-state index in [0.29, 0.717) is 13.0 Å². The van der Waals surface area contributed by atoms with E-state index in [4.69, 9.17) is 4.74 Å². The van der Waals surface area contributed by atoms with Crippen LogP contribution >= 0.6 is 0 Å². The third kappa shape index (κ3) is 2.34. The molecule has 2 nitrogen and oxygen atoms in total. The van der Waals surface area contributed by atoms with Crippen LogP contribution in [-0.4, -0.2) is 12.4 Å². The Balaban J connectivity index is 2.94. The molecule has 0 unspecified atom stereocenters. The molecule has 0 saturated carbocycles. The summed E-state index contributed by atoms with van der Waals surface area (Å²) in [5, 5.41) is 0. The summed E-state index contributed by atoms with van der Waals surface area (Å²) in [4.78, 5) is 11.4. The quantitative estimate of drug-likeness (QED) is 0.685. The first-order chi connectivity index (χ1) is 6.69. The first-order valence-electron chi connectivity index (χ1n) is 4.95. The molecule has 0 spiro atoms. The van der Waals surface area contributed by atoms with E-state index >= 15 is 0 Å². The van der Waals surface area contributed by atoms with Gasteiger partial charge < -0.3 is 4.74 Å². The molecule has 2 heteroatoms. The Kier molecular flexibility index (Phi) is 3.69. The van der Waals surface area contributed by atoms with Gasteiger partial charge in [0, 0.05) is 12.0 Å². The SMILES string of the molecule is CCOc1ccc(C(=O)CC)cc1C. The summed E-state index contributed by atoms with van der Waals surface area (Å²) in [6.07, 6.45) is 0.549. The maximum atomic E-state index is 11.4. The maximum Gasteiger partial charge on any atom is 0.162 e. The van der Waals surface area contributed by atoms with E-state index in [1.807, 2.05) is 39.0 Å². The van der Waals surface area contributed by atoms with Gasteiger partial charge in [0.1, 0.15) is 5.75 Å². The van der Waals surface area contributed by atoms with E-state index in [1.54, 1.807) is 0 Å². The molecule has 0 fully saturated rings. The highest BCUT2D eigenvalue weighted by Gasteiger charge is 2.05. The molecule has 76 valence electrons. The third-order valence-electron chi connectivity index (χ3n) is 2.12. The van der Waals surface area contributed by atoms with Crippen LogP contribution in [0.25, 0.3) is 0 Å². The summed E-state index contributed by atoms with van der Waals surface area (Å²) in [7, 11) is 0. The average molecular weight is 192 g/mol. The zero-order chi connectivity index (χ0) is 10.6. The van der Waals surface area contributed by atoms with Crippen molar-refractivity contribution in [2.75, 3.05) is 6.61 Å². The Morgan fingerprint density at radius 2 is 2.07 bits per heavy atom. The summed E-state index contributed by atoms with van der Waals surface area (Å²) >= 11 is 0. The molecule has 14 heavy (non-hydrogen) atoms. The van der Waals surface area contributed by atoms with E-state index < -0.39 is 0 Å². The molecule has 1 aromatic carbocycles. The second-order valence-corrected chi connectivity index (χ2v) is 3.19. The molecule has 0 aliphatic carbocycles. The second-order valence-electron chi connectivity index (χ2n) is 3.19. The van der Waals surface area contributed by atoms with Crippen LogP contribution < -0.4 is 4.74 Å². The number of hydrogen-bond donors (Lipinski definition) is 0. The normalized spacial score (nSPS) is 9.93. The molecule has 0 aliphatic heterocycles. The van der Waals surface area contributed by atoms with Crippen LogP contribution in [0.3, 0.4) is 0 Å².